The quantitative estimate of drug-likeness (QED) is 0.321. The van der Waals surface area contributed by atoms with Crippen LogP contribution in [-0.2, 0) is 4.79 Å². The van der Waals surface area contributed by atoms with Gasteiger partial charge in [0.15, 0.2) is 5.16 Å². The van der Waals surface area contributed by atoms with E-state index in [0.717, 1.165) is 11.3 Å². The lowest BCUT2D eigenvalue weighted by Gasteiger charge is -2.16. The number of aromatic nitrogens is 4. The molecule has 0 radical (unpaired) electrons. The minimum Gasteiger partial charge on any atom is -0.495 e. The first-order valence-corrected chi connectivity index (χ1v) is 12.5. The van der Waals surface area contributed by atoms with Crippen molar-refractivity contribution < 1.29 is 9.53 Å². The van der Waals surface area contributed by atoms with E-state index < -0.39 is 0 Å². The largest absolute Gasteiger partial charge is 0.495 e. The molecule has 36 heavy (non-hydrogen) atoms. The van der Waals surface area contributed by atoms with Gasteiger partial charge in [-0.3, -0.25) is 14.0 Å². The molecule has 8 nitrogen and oxygen atoms in total. The third kappa shape index (κ3) is 4.22. The summed E-state index contributed by atoms with van der Waals surface area (Å²) < 4.78 is 8.77. The first-order valence-electron chi connectivity index (χ1n) is 11.5. The van der Waals surface area contributed by atoms with E-state index in [1.54, 1.807) is 29.9 Å². The van der Waals surface area contributed by atoms with Crippen LogP contribution in [0.25, 0.3) is 22.4 Å². The Labute approximate surface area is 211 Å². The van der Waals surface area contributed by atoms with Gasteiger partial charge in [-0.2, -0.15) is 0 Å². The lowest BCUT2D eigenvalue weighted by atomic mass is 10.0. The van der Waals surface area contributed by atoms with Crippen LogP contribution in [0.2, 0.25) is 0 Å². The molecule has 0 atom stereocenters. The van der Waals surface area contributed by atoms with E-state index in [2.05, 4.69) is 29.4 Å². The fraction of sp³-hybridized carbons (Fsp3) is 0.185. The maximum Gasteiger partial charge on any atom is 0.267 e. The zero-order valence-corrected chi connectivity index (χ0v) is 21.0. The standard InChI is InChI=1S/C27H25N5O3S/c1-17(2)18-10-4-7-13-21(18)31-25(34)19-11-5-8-14-22(19)32-26(31)29-30-27(32)36-16-24(33)28-20-12-6-9-15-23(20)35-3/h4-15,17H,16H2,1-3H3,(H,28,33). The number of amides is 1. The van der Waals surface area contributed by atoms with Crippen LogP contribution in [-0.4, -0.2) is 37.9 Å². The molecule has 0 unspecified atom stereocenters. The molecular formula is C27H25N5O3S. The Morgan fingerprint density at radius 1 is 1.00 bits per heavy atom. The SMILES string of the molecule is COc1ccccc1NC(=O)CSc1nnc2n(-c3ccccc3C(C)C)c(=O)c3ccccc3n12. The van der Waals surface area contributed by atoms with Gasteiger partial charge in [0.05, 0.1) is 35.1 Å². The Morgan fingerprint density at radius 2 is 1.72 bits per heavy atom. The van der Waals surface area contributed by atoms with Crippen LogP contribution in [0.4, 0.5) is 5.69 Å². The smallest absolute Gasteiger partial charge is 0.267 e. The summed E-state index contributed by atoms with van der Waals surface area (Å²) in [6.45, 7) is 4.18. The average molecular weight is 500 g/mol. The predicted molar refractivity (Wildman–Crippen MR) is 143 cm³/mol. The number of thioether (sulfide) groups is 1. The summed E-state index contributed by atoms with van der Waals surface area (Å²) >= 11 is 1.25. The molecule has 0 saturated carbocycles. The van der Waals surface area contributed by atoms with Gasteiger partial charge in [0.2, 0.25) is 11.7 Å². The van der Waals surface area contributed by atoms with Gasteiger partial charge in [0, 0.05) is 0 Å². The van der Waals surface area contributed by atoms with Crippen molar-refractivity contribution in [1.82, 2.24) is 19.2 Å². The second kappa shape index (κ2) is 9.87. The number of carbonyl (C=O) groups is 1. The highest BCUT2D eigenvalue weighted by Crippen LogP contribution is 2.28. The first-order chi connectivity index (χ1) is 17.5. The molecule has 3 aromatic carbocycles. The fourth-order valence-corrected chi connectivity index (χ4v) is 4.97. The van der Waals surface area contributed by atoms with E-state index in [1.165, 1.54) is 11.8 Å². The van der Waals surface area contributed by atoms with Crippen molar-refractivity contribution in [1.29, 1.82) is 0 Å². The Morgan fingerprint density at radius 3 is 2.53 bits per heavy atom. The molecule has 0 aliphatic heterocycles. The number of hydrogen-bond donors (Lipinski definition) is 1. The molecule has 9 heteroatoms. The molecule has 2 aromatic heterocycles. The number of fused-ring (bicyclic) bond motifs is 3. The zero-order valence-electron chi connectivity index (χ0n) is 20.1. The molecule has 0 fully saturated rings. The van der Waals surface area contributed by atoms with Crippen molar-refractivity contribution in [3.05, 3.63) is 88.7 Å². The normalized spacial score (nSPS) is 11.3. The molecule has 0 aliphatic rings. The Balaban J connectivity index is 1.58. The lowest BCUT2D eigenvalue weighted by molar-refractivity contribution is -0.113. The number of methoxy groups -OCH3 is 1. The van der Waals surface area contributed by atoms with Crippen LogP contribution in [0.3, 0.4) is 0 Å². The predicted octanol–water partition coefficient (Wildman–Crippen LogP) is 4.90. The second-order valence-electron chi connectivity index (χ2n) is 8.53. The van der Waals surface area contributed by atoms with Gasteiger partial charge < -0.3 is 10.1 Å². The summed E-state index contributed by atoms with van der Waals surface area (Å²) in [6.07, 6.45) is 0. The van der Waals surface area contributed by atoms with Crippen LogP contribution in [0, 0.1) is 0 Å². The molecule has 0 saturated heterocycles. The number of anilines is 1. The van der Waals surface area contributed by atoms with E-state index in [0.29, 0.717) is 33.3 Å². The minimum absolute atomic E-state index is 0.106. The van der Waals surface area contributed by atoms with E-state index in [4.69, 9.17) is 4.74 Å². The average Bonchev–Trinajstić information content (AvgIpc) is 3.32. The summed E-state index contributed by atoms with van der Waals surface area (Å²) in [5.41, 5.74) is 2.93. The monoisotopic (exact) mass is 499 g/mol. The summed E-state index contributed by atoms with van der Waals surface area (Å²) in [7, 11) is 1.56. The number of ether oxygens (including phenoxy) is 1. The maximum absolute atomic E-state index is 13.7. The van der Waals surface area contributed by atoms with E-state index in [-0.39, 0.29) is 23.1 Å². The van der Waals surface area contributed by atoms with Crippen molar-refractivity contribution >= 4 is 40.0 Å². The Hall–Kier alpha value is -4.11. The molecule has 5 rings (SSSR count). The molecule has 0 spiro atoms. The lowest BCUT2D eigenvalue weighted by Crippen LogP contribution is -2.23. The maximum atomic E-state index is 13.7. The Kier molecular flexibility index (Phi) is 6.47. The molecule has 0 bridgehead atoms. The van der Waals surface area contributed by atoms with Gasteiger partial charge in [-0.15, -0.1) is 10.2 Å². The van der Waals surface area contributed by atoms with Gasteiger partial charge in [0.1, 0.15) is 5.75 Å². The third-order valence-electron chi connectivity index (χ3n) is 5.91. The summed E-state index contributed by atoms with van der Waals surface area (Å²) in [4.78, 5) is 26.4. The van der Waals surface area contributed by atoms with Gasteiger partial charge in [-0.25, -0.2) is 4.57 Å². The molecule has 5 aromatic rings. The highest BCUT2D eigenvalue weighted by molar-refractivity contribution is 7.99. The number of benzene rings is 3. The summed E-state index contributed by atoms with van der Waals surface area (Å²) in [6, 6.07) is 22.4. The number of hydrogen-bond acceptors (Lipinski definition) is 6. The van der Waals surface area contributed by atoms with Crippen molar-refractivity contribution in [3.8, 4) is 11.4 Å². The molecule has 182 valence electrons. The van der Waals surface area contributed by atoms with E-state index in [9.17, 15) is 9.59 Å². The number of para-hydroxylation sites is 4. The highest BCUT2D eigenvalue weighted by Gasteiger charge is 2.20. The van der Waals surface area contributed by atoms with Crippen molar-refractivity contribution in [2.24, 2.45) is 0 Å². The van der Waals surface area contributed by atoms with Crippen molar-refractivity contribution in [2.75, 3.05) is 18.2 Å². The summed E-state index contributed by atoms with van der Waals surface area (Å²) in [5, 5.41) is 12.7. The van der Waals surface area contributed by atoms with Gasteiger partial charge in [-0.1, -0.05) is 68.1 Å². The van der Waals surface area contributed by atoms with E-state index >= 15 is 0 Å². The van der Waals surface area contributed by atoms with E-state index in [1.807, 2.05) is 59.0 Å². The fourth-order valence-electron chi connectivity index (χ4n) is 4.23. The molecule has 0 aliphatic carbocycles. The van der Waals surface area contributed by atoms with Gasteiger partial charge in [0.25, 0.3) is 5.56 Å². The van der Waals surface area contributed by atoms with Crippen LogP contribution in [0.5, 0.6) is 5.75 Å². The molecule has 1 amide bonds. The molecular weight excluding hydrogens is 474 g/mol. The second-order valence-corrected chi connectivity index (χ2v) is 9.47. The van der Waals surface area contributed by atoms with Crippen LogP contribution >= 0.6 is 11.8 Å². The van der Waals surface area contributed by atoms with Crippen molar-refractivity contribution in [2.45, 2.75) is 24.9 Å². The summed E-state index contributed by atoms with van der Waals surface area (Å²) in [5.74, 6) is 1.09. The molecule has 1 N–H and O–H groups in total. The molecule has 2 heterocycles. The van der Waals surface area contributed by atoms with Crippen LogP contribution in [0.1, 0.15) is 25.3 Å². The van der Waals surface area contributed by atoms with Crippen molar-refractivity contribution in [3.63, 3.8) is 0 Å². The van der Waals surface area contributed by atoms with Gasteiger partial charge >= 0.3 is 0 Å². The number of carbonyl (C=O) groups excluding carboxylic acids is 1. The van der Waals surface area contributed by atoms with Crippen LogP contribution in [0.15, 0.2) is 82.7 Å². The number of nitrogens with one attached hydrogen (secondary N) is 1. The minimum atomic E-state index is -0.205. The third-order valence-corrected chi connectivity index (χ3v) is 6.84. The topological polar surface area (TPSA) is 90.5 Å². The first kappa shape index (κ1) is 23.6. The number of rotatable bonds is 7. The van der Waals surface area contributed by atoms with Crippen LogP contribution < -0.4 is 15.6 Å². The van der Waals surface area contributed by atoms with Gasteiger partial charge in [-0.05, 0) is 41.8 Å². The highest BCUT2D eigenvalue weighted by atomic mass is 32.2. The zero-order chi connectivity index (χ0) is 25.2. The Bertz CT molecular complexity index is 1640. The number of nitrogens with zero attached hydrogens (tertiary/aromatic N) is 4.